The zero-order valence-electron chi connectivity index (χ0n) is 17.5. The van der Waals surface area contributed by atoms with E-state index in [1.54, 1.807) is 18.2 Å². The van der Waals surface area contributed by atoms with Crippen LogP contribution in [-0.2, 0) is 4.43 Å². The molecule has 28 heavy (non-hydrogen) atoms. The van der Waals surface area contributed by atoms with Gasteiger partial charge in [0, 0.05) is 11.3 Å². The molecule has 0 aliphatic heterocycles. The predicted molar refractivity (Wildman–Crippen MR) is 115 cm³/mol. The molecule has 0 bridgehead atoms. The van der Waals surface area contributed by atoms with E-state index >= 15 is 0 Å². The Morgan fingerprint density at radius 3 is 2.18 bits per heavy atom. The number of halogens is 3. The quantitative estimate of drug-likeness (QED) is 0.349. The number of thiol groups is 1. The van der Waals surface area contributed by atoms with Gasteiger partial charge in [0.15, 0.2) is 8.32 Å². The summed E-state index contributed by atoms with van der Waals surface area (Å²) in [7, 11) is -2.07. The van der Waals surface area contributed by atoms with Crippen LogP contribution in [0.3, 0.4) is 0 Å². The second-order valence-corrected chi connectivity index (χ2v) is 14.9. The van der Waals surface area contributed by atoms with Crippen molar-refractivity contribution in [2.75, 3.05) is 6.61 Å². The molecule has 0 amide bonds. The van der Waals surface area contributed by atoms with Crippen molar-refractivity contribution in [2.45, 2.75) is 81.7 Å². The molecule has 0 radical (unpaired) electrons. The summed E-state index contributed by atoms with van der Waals surface area (Å²) >= 11 is 4.70. The normalized spacial score (nSPS) is 19.3. The Hall–Kier alpha value is -0.503. The van der Waals surface area contributed by atoms with Crippen LogP contribution in [0.1, 0.15) is 51.6 Å². The Labute approximate surface area is 174 Å². The third-order valence-corrected chi connectivity index (χ3v) is 11.1. The lowest BCUT2D eigenvalue weighted by Gasteiger charge is -2.39. The molecule has 1 aromatic rings. The molecule has 160 valence electrons. The van der Waals surface area contributed by atoms with E-state index in [0.29, 0.717) is 5.92 Å². The zero-order valence-corrected chi connectivity index (χ0v) is 19.4. The molecule has 1 aliphatic carbocycles. The van der Waals surface area contributed by atoms with Gasteiger partial charge in [0.05, 0.1) is 6.61 Å². The summed E-state index contributed by atoms with van der Waals surface area (Å²) in [5.74, 6) is 0.584. The molecule has 0 aromatic heterocycles. The third-order valence-electron chi connectivity index (χ3n) is 6.01. The highest BCUT2D eigenvalue weighted by Gasteiger charge is 2.44. The van der Waals surface area contributed by atoms with E-state index in [2.05, 4.69) is 39.2 Å². The molecule has 1 N–H and O–H groups in total. The minimum absolute atomic E-state index is 0.00297. The fourth-order valence-corrected chi connectivity index (χ4v) is 4.38. The number of alkyl halides is 3. The number of rotatable bonds is 9. The Balaban J connectivity index is 2.19. The SMILES string of the molecule is CC(C)(C)[Si](C)(C)OCC(NC(c1ccccc1)C(F)(F)F)[C@H](S)CC1CC1. The van der Waals surface area contributed by atoms with Crippen molar-refractivity contribution in [3.8, 4) is 0 Å². The average molecular weight is 434 g/mol. The first-order valence-corrected chi connectivity index (χ1v) is 13.4. The summed E-state index contributed by atoms with van der Waals surface area (Å²) in [6, 6.07) is 5.85. The summed E-state index contributed by atoms with van der Waals surface area (Å²) in [6.45, 7) is 10.9. The van der Waals surface area contributed by atoms with Crippen molar-refractivity contribution in [3.63, 3.8) is 0 Å². The van der Waals surface area contributed by atoms with Crippen molar-refractivity contribution >= 4 is 20.9 Å². The van der Waals surface area contributed by atoms with E-state index in [1.165, 1.54) is 12.1 Å². The van der Waals surface area contributed by atoms with Crippen LogP contribution in [0.15, 0.2) is 30.3 Å². The molecular formula is C21H34F3NOSSi. The van der Waals surface area contributed by atoms with Gasteiger partial charge in [-0.3, -0.25) is 5.32 Å². The maximum Gasteiger partial charge on any atom is 0.407 e. The average Bonchev–Trinajstić information content (AvgIpc) is 3.37. The van der Waals surface area contributed by atoms with Crippen LogP contribution in [0.25, 0.3) is 0 Å². The molecule has 1 saturated carbocycles. The highest BCUT2D eigenvalue weighted by atomic mass is 32.1. The molecule has 7 heteroatoms. The van der Waals surface area contributed by atoms with E-state index in [4.69, 9.17) is 17.1 Å². The Morgan fingerprint density at radius 1 is 1.14 bits per heavy atom. The van der Waals surface area contributed by atoms with Crippen LogP contribution >= 0.6 is 12.6 Å². The first-order chi connectivity index (χ1) is 12.8. The molecule has 0 heterocycles. The van der Waals surface area contributed by atoms with Crippen molar-refractivity contribution < 1.29 is 17.6 Å². The second-order valence-electron chi connectivity index (χ2n) is 9.48. The monoisotopic (exact) mass is 433 g/mol. The first-order valence-electron chi connectivity index (χ1n) is 10.0. The Morgan fingerprint density at radius 2 is 1.71 bits per heavy atom. The Bertz CT molecular complexity index is 614. The van der Waals surface area contributed by atoms with E-state index in [9.17, 15) is 13.2 Å². The lowest BCUT2D eigenvalue weighted by Crippen LogP contribution is -2.51. The lowest BCUT2D eigenvalue weighted by atomic mass is 10.0. The minimum atomic E-state index is -4.39. The van der Waals surface area contributed by atoms with Crippen LogP contribution < -0.4 is 5.32 Å². The summed E-state index contributed by atoms with van der Waals surface area (Å²) < 4.78 is 47.8. The minimum Gasteiger partial charge on any atom is -0.415 e. The Kier molecular flexibility index (Phi) is 7.73. The fraction of sp³-hybridized carbons (Fsp3) is 0.714. The summed E-state index contributed by atoms with van der Waals surface area (Å²) in [5, 5.41) is 2.69. The predicted octanol–water partition coefficient (Wildman–Crippen LogP) is 6.37. The van der Waals surface area contributed by atoms with Gasteiger partial charge in [0.25, 0.3) is 0 Å². The fourth-order valence-electron chi connectivity index (χ4n) is 2.88. The number of hydrogen-bond donors (Lipinski definition) is 2. The smallest absolute Gasteiger partial charge is 0.407 e. The molecule has 1 aromatic carbocycles. The van der Waals surface area contributed by atoms with Gasteiger partial charge in [-0.2, -0.15) is 25.8 Å². The van der Waals surface area contributed by atoms with Crippen LogP contribution in [0.4, 0.5) is 13.2 Å². The van der Waals surface area contributed by atoms with Crippen LogP contribution in [-0.4, -0.2) is 32.4 Å². The van der Waals surface area contributed by atoms with E-state index < -0.39 is 26.6 Å². The highest BCUT2D eigenvalue weighted by Crippen LogP contribution is 2.39. The second kappa shape index (κ2) is 9.10. The van der Waals surface area contributed by atoms with Crippen molar-refractivity contribution in [1.82, 2.24) is 5.32 Å². The highest BCUT2D eigenvalue weighted by molar-refractivity contribution is 7.81. The van der Waals surface area contributed by atoms with Gasteiger partial charge in [-0.25, -0.2) is 0 Å². The van der Waals surface area contributed by atoms with Crippen molar-refractivity contribution in [1.29, 1.82) is 0 Å². The standard InChI is InChI=1S/C21H34F3NOSSi/c1-20(2,3)28(4,5)26-14-17(18(27)13-15-11-12-15)25-19(21(22,23)24)16-9-7-6-8-10-16/h6-10,15,17-19,25,27H,11-14H2,1-5H3/t17?,18-,19?/m1/s1. The largest absolute Gasteiger partial charge is 0.415 e. The van der Waals surface area contributed by atoms with Gasteiger partial charge in [0.1, 0.15) is 6.04 Å². The lowest BCUT2D eigenvalue weighted by molar-refractivity contribution is -0.160. The van der Waals surface area contributed by atoms with Crippen molar-refractivity contribution in [3.05, 3.63) is 35.9 Å². The van der Waals surface area contributed by atoms with E-state index in [0.717, 1.165) is 19.3 Å². The maximum atomic E-state index is 13.8. The molecule has 1 fully saturated rings. The molecule has 2 nitrogen and oxygen atoms in total. The van der Waals surface area contributed by atoms with Crippen LogP contribution in [0.5, 0.6) is 0 Å². The van der Waals surface area contributed by atoms with Crippen molar-refractivity contribution in [2.24, 2.45) is 5.92 Å². The van der Waals surface area contributed by atoms with Gasteiger partial charge in [-0.05, 0) is 36.0 Å². The van der Waals surface area contributed by atoms with Gasteiger partial charge in [0.2, 0.25) is 0 Å². The zero-order chi connectivity index (χ0) is 21.2. The summed E-state index contributed by atoms with van der Waals surface area (Å²) in [6.07, 6.45) is -1.27. The molecule has 2 unspecified atom stereocenters. The summed E-state index contributed by atoms with van der Waals surface area (Å²) in [4.78, 5) is 0. The number of benzene rings is 1. The summed E-state index contributed by atoms with van der Waals surface area (Å²) in [5.41, 5.74) is 0.222. The molecule has 2 rings (SSSR count). The number of nitrogens with one attached hydrogen (secondary N) is 1. The first kappa shape index (κ1) is 23.8. The van der Waals surface area contributed by atoms with E-state index in [1.807, 2.05) is 0 Å². The van der Waals surface area contributed by atoms with E-state index in [-0.39, 0.29) is 22.5 Å². The van der Waals surface area contributed by atoms with Crippen LogP contribution in [0, 0.1) is 5.92 Å². The van der Waals surface area contributed by atoms with Gasteiger partial charge in [-0.1, -0.05) is 63.9 Å². The maximum absolute atomic E-state index is 13.8. The molecule has 0 spiro atoms. The van der Waals surface area contributed by atoms with Gasteiger partial charge in [-0.15, -0.1) is 0 Å². The molecule has 0 saturated heterocycles. The molecule has 1 aliphatic rings. The van der Waals surface area contributed by atoms with Gasteiger partial charge < -0.3 is 4.43 Å². The molecular weight excluding hydrogens is 399 g/mol. The third kappa shape index (κ3) is 6.78. The van der Waals surface area contributed by atoms with Gasteiger partial charge >= 0.3 is 6.18 Å². The number of hydrogen-bond acceptors (Lipinski definition) is 3. The van der Waals surface area contributed by atoms with Crippen LogP contribution in [0.2, 0.25) is 18.1 Å². The molecule has 3 atom stereocenters. The topological polar surface area (TPSA) is 21.3 Å².